The molecule has 0 bridgehead atoms. The van der Waals surface area contributed by atoms with Gasteiger partial charge in [0.1, 0.15) is 17.8 Å². The van der Waals surface area contributed by atoms with E-state index < -0.39 is 24.0 Å². The minimum absolute atomic E-state index is 0.298. The largest absolute Gasteiger partial charge is 0.494 e. The molecule has 1 aromatic carbocycles. The third-order valence-corrected chi connectivity index (χ3v) is 3.25. The highest BCUT2D eigenvalue weighted by atomic mass is 16.5. The summed E-state index contributed by atoms with van der Waals surface area (Å²) in [5, 5.41) is 2.96. The maximum Gasteiger partial charge on any atom is 0.323 e. The van der Waals surface area contributed by atoms with Crippen molar-refractivity contribution in [1.29, 1.82) is 0 Å². The number of ether oxygens (including phenoxy) is 3. The fourth-order valence-electron chi connectivity index (χ4n) is 2.11. The first kappa shape index (κ1) is 19.0. The van der Waals surface area contributed by atoms with Crippen LogP contribution >= 0.6 is 0 Å². The number of carbonyl (C=O) groups excluding carboxylic acids is 2. The Bertz CT molecular complexity index is 500. The first-order chi connectivity index (χ1) is 11.0. The standard InChI is InChI=1S/C17H25NO5/c1-5-22-14-9-7-13(8-10-14)11-15(17(20)21-4)18-12(3)16(19)23-6-2/h7-10,12,15,18H,5-6,11H2,1-4H3/t12-,15?/m1/s1. The summed E-state index contributed by atoms with van der Waals surface area (Å²) >= 11 is 0. The van der Waals surface area contributed by atoms with Crippen LogP contribution in [0.1, 0.15) is 26.3 Å². The predicted octanol–water partition coefficient (Wildman–Crippen LogP) is 1.71. The van der Waals surface area contributed by atoms with E-state index in [1.807, 2.05) is 31.2 Å². The number of carbonyl (C=O) groups is 2. The van der Waals surface area contributed by atoms with Gasteiger partial charge in [-0.05, 0) is 44.9 Å². The van der Waals surface area contributed by atoms with Crippen molar-refractivity contribution in [2.45, 2.75) is 39.3 Å². The molecule has 6 nitrogen and oxygen atoms in total. The molecule has 1 aromatic rings. The van der Waals surface area contributed by atoms with Crippen LogP contribution in [-0.2, 0) is 25.5 Å². The molecule has 0 heterocycles. The average Bonchev–Trinajstić information content (AvgIpc) is 2.55. The fraction of sp³-hybridized carbons (Fsp3) is 0.529. The quantitative estimate of drug-likeness (QED) is 0.698. The molecule has 0 aliphatic heterocycles. The van der Waals surface area contributed by atoms with Crippen LogP contribution in [0, 0.1) is 0 Å². The normalized spacial score (nSPS) is 13.0. The van der Waals surface area contributed by atoms with Crippen molar-refractivity contribution >= 4 is 11.9 Å². The molecule has 1 unspecified atom stereocenters. The zero-order chi connectivity index (χ0) is 17.2. The summed E-state index contributed by atoms with van der Waals surface area (Å²) in [4.78, 5) is 23.6. The molecule has 6 heteroatoms. The lowest BCUT2D eigenvalue weighted by molar-refractivity contribution is -0.147. The van der Waals surface area contributed by atoms with Crippen LogP contribution in [0.15, 0.2) is 24.3 Å². The summed E-state index contributed by atoms with van der Waals surface area (Å²) in [6, 6.07) is 6.25. The summed E-state index contributed by atoms with van der Waals surface area (Å²) in [6.07, 6.45) is 0.406. The average molecular weight is 323 g/mol. The van der Waals surface area contributed by atoms with Gasteiger partial charge in [0.05, 0.1) is 20.3 Å². The van der Waals surface area contributed by atoms with E-state index in [1.165, 1.54) is 7.11 Å². The van der Waals surface area contributed by atoms with Gasteiger partial charge in [0, 0.05) is 0 Å². The minimum Gasteiger partial charge on any atom is -0.494 e. The molecule has 0 aromatic heterocycles. The second kappa shape index (κ2) is 9.84. The van der Waals surface area contributed by atoms with Gasteiger partial charge in [-0.1, -0.05) is 12.1 Å². The number of hydrogen-bond acceptors (Lipinski definition) is 6. The fourth-order valence-corrected chi connectivity index (χ4v) is 2.11. The summed E-state index contributed by atoms with van der Waals surface area (Å²) in [5.41, 5.74) is 0.937. The Hall–Kier alpha value is -2.08. The minimum atomic E-state index is -0.627. The van der Waals surface area contributed by atoms with Gasteiger partial charge in [-0.3, -0.25) is 14.9 Å². The number of rotatable bonds is 9. The SMILES string of the molecule is CCOC(=O)[C@@H](C)NC(Cc1ccc(OCC)cc1)C(=O)OC. The van der Waals surface area contributed by atoms with Crippen molar-refractivity contribution in [3.63, 3.8) is 0 Å². The van der Waals surface area contributed by atoms with Crippen molar-refractivity contribution in [2.75, 3.05) is 20.3 Å². The van der Waals surface area contributed by atoms with E-state index >= 15 is 0 Å². The third kappa shape index (κ3) is 6.28. The molecule has 0 aliphatic rings. The van der Waals surface area contributed by atoms with Crippen LogP contribution in [0.3, 0.4) is 0 Å². The summed E-state index contributed by atoms with van der Waals surface area (Å²) < 4.78 is 15.1. The molecule has 23 heavy (non-hydrogen) atoms. The van der Waals surface area contributed by atoms with Crippen molar-refractivity contribution < 1.29 is 23.8 Å². The molecule has 0 aliphatic carbocycles. The summed E-state index contributed by atoms with van der Waals surface area (Å²) in [7, 11) is 1.32. The number of hydrogen-bond donors (Lipinski definition) is 1. The van der Waals surface area contributed by atoms with Crippen molar-refractivity contribution in [2.24, 2.45) is 0 Å². The number of benzene rings is 1. The lowest BCUT2D eigenvalue weighted by Gasteiger charge is -2.20. The Balaban J connectivity index is 2.74. The van der Waals surface area contributed by atoms with E-state index in [4.69, 9.17) is 14.2 Å². The van der Waals surface area contributed by atoms with Gasteiger partial charge in [-0.2, -0.15) is 0 Å². The Kier molecular flexibility index (Phi) is 8.11. The molecule has 0 amide bonds. The highest BCUT2D eigenvalue weighted by molar-refractivity contribution is 5.79. The van der Waals surface area contributed by atoms with Gasteiger partial charge in [0.15, 0.2) is 0 Å². The van der Waals surface area contributed by atoms with Crippen LogP contribution in [0.25, 0.3) is 0 Å². The molecule has 0 saturated carbocycles. The Morgan fingerprint density at radius 3 is 2.26 bits per heavy atom. The molecular weight excluding hydrogens is 298 g/mol. The topological polar surface area (TPSA) is 73.9 Å². The zero-order valence-corrected chi connectivity index (χ0v) is 14.1. The van der Waals surface area contributed by atoms with Gasteiger partial charge >= 0.3 is 11.9 Å². The van der Waals surface area contributed by atoms with E-state index in [-0.39, 0.29) is 0 Å². The summed E-state index contributed by atoms with van der Waals surface area (Å²) in [5.74, 6) is -0.0400. The van der Waals surface area contributed by atoms with Crippen LogP contribution in [0.4, 0.5) is 0 Å². The van der Waals surface area contributed by atoms with Crippen LogP contribution < -0.4 is 10.1 Å². The molecule has 0 radical (unpaired) electrons. The molecule has 0 fully saturated rings. The second-order valence-corrected chi connectivity index (χ2v) is 5.00. The molecule has 0 spiro atoms. The smallest absolute Gasteiger partial charge is 0.323 e. The maximum absolute atomic E-state index is 11.9. The van der Waals surface area contributed by atoms with E-state index in [9.17, 15) is 9.59 Å². The highest BCUT2D eigenvalue weighted by Gasteiger charge is 2.25. The summed E-state index contributed by atoms with van der Waals surface area (Å²) in [6.45, 7) is 6.21. The van der Waals surface area contributed by atoms with Gasteiger partial charge < -0.3 is 14.2 Å². The van der Waals surface area contributed by atoms with E-state index in [2.05, 4.69) is 5.32 Å². The molecule has 128 valence electrons. The second-order valence-electron chi connectivity index (χ2n) is 5.00. The first-order valence-corrected chi connectivity index (χ1v) is 7.74. The predicted molar refractivity (Wildman–Crippen MR) is 86.3 cm³/mol. The number of esters is 2. The maximum atomic E-state index is 11.9. The lowest BCUT2D eigenvalue weighted by atomic mass is 10.0. The Morgan fingerprint density at radius 1 is 1.09 bits per heavy atom. The third-order valence-electron chi connectivity index (χ3n) is 3.25. The molecule has 2 atom stereocenters. The van der Waals surface area contributed by atoms with E-state index in [0.717, 1.165) is 11.3 Å². The first-order valence-electron chi connectivity index (χ1n) is 7.74. The lowest BCUT2D eigenvalue weighted by Crippen LogP contribution is -2.47. The number of nitrogens with one attached hydrogen (secondary N) is 1. The molecular formula is C17H25NO5. The van der Waals surface area contributed by atoms with Crippen LogP contribution in [0.5, 0.6) is 5.75 Å². The number of methoxy groups -OCH3 is 1. The van der Waals surface area contributed by atoms with E-state index in [0.29, 0.717) is 19.6 Å². The molecule has 0 saturated heterocycles. The van der Waals surface area contributed by atoms with Gasteiger partial charge in [0.25, 0.3) is 0 Å². The zero-order valence-electron chi connectivity index (χ0n) is 14.1. The Morgan fingerprint density at radius 2 is 1.74 bits per heavy atom. The van der Waals surface area contributed by atoms with Gasteiger partial charge in [0.2, 0.25) is 0 Å². The van der Waals surface area contributed by atoms with Gasteiger partial charge in [-0.15, -0.1) is 0 Å². The van der Waals surface area contributed by atoms with Crippen LogP contribution in [-0.4, -0.2) is 44.3 Å². The monoisotopic (exact) mass is 323 g/mol. The van der Waals surface area contributed by atoms with Crippen molar-refractivity contribution in [3.05, 3.63) is 29.8 Å². The van der Waals surface area contributed by atoms with Crippen LogP contribution in [0.2, 0.25) is 0 Å². The highest BCUT2D eigenvalue weighted by Crippen LogP contribution is 2.14. The molecule has 1 N–H and O–H groups in total. The van der Waals surface area contributed by atoms with Crippen molar-refractivity contribution in [3.8, 4) is 5.75 Å². The van der Waals surface area contributed by atoms with Gasteiger partial charge in [-0.25, -0.2) is 0 Å². The molecule has 1 rings (SSSR count). The Labute approximate surface area is 137 Å². The van der Waals surface area contributed by atoms with Crippen molar-refractivity contribution in [1.82, 2.24) is 5.32 Å². The van der Waals surface area contributed by atoms with E-state index in [1.54, 1.807) is 13.8 Å².